The number of imidazole rings is 1. The molecule has 21 heavy (non-hydrogen) atoms. The van der Waals surface area contributed by atoms with Crippen LogP contribution in [0, 0.1) is 6.92 Å². The van der Waals surface area contributed by atoms with Gasteiger partial charge >= 0.3 is 0 Å². The van der Waals surface area contributed by atoms with Crippen molar-refractivity contribution in [2.24, 2.45) is 0 Å². The van der Waals surface area contributed by atoms with Crippen LogP contribution in [0.25, 0.3) is 5.65 Å². The number of nitrogens with one attached hydrogen (secondary N) is 1. The maximum Gasteiger partial charge on any atom is 0.270 e. The molecule has 0 atom stereocenters. The zero-order valence-corrected chi connectivity index (χ0v) is 12.1. The van der Waals surface area contributed by atoms with Crippen molar-refractivity contribution in [2.45, 2.75) is 13.5 Å². The van der Waals surface area contributed by atoms with Crippen molar-refractivity contribution in [1.29, 1.82) is 0 Å². The molecule has 0 radical (unpaired) electrons. The van der Waals surface area contributed by atoms with E-state index < -0.39 is 0 Å². The Balaban J connectivity index is 1.87. The summed E-state index contributed by atoms with van der Waals surface area (Å²) in [5.41, 5.74) is 2.80. The minimum atomic E-state index is -0.189. The minimum Gasteiger partial charge on any atom is -0.347 e. The van der Waals surface area contributed by atoms with Gasteiger partial charge in [-0.25, -0.2) is 4.98 Å². The molecule has 0 aromatic carbocycles. The van der Waals surface area contributed by atoms with Crippen molar-refractivity contribution in [3.63, 3.8) is 0 Å². The first kappa shape index (κ1) is 13.6. The van der Waals surface area contributed by atoms with Gasteiger partial charge in [0.15, 0.2) is 0 Å². The minimum absolute atomic E-state index is 0.189. The van der Waals surface area contributed by atoms with Crippen LogP contribution in [0.5, 0.6) is 0 Å². The van der Waals surface area contributed by atoms with Crippen LogP contribution in [0.3, 0.4) is 0 Å². The number of amides is 1. The Labute approximate surface area is 126 Å². The Morgan fingerprint density at radius 1 is 1.38 bits per heavy atom. The van der Waals surface area contributed by atoms with Crippen LogP contribution in [0.4, 0.5) is 0 Å². The summed E-state index contributed by atoms with van der Waals surface area (Å²) in [6.07, 6.45) is 5.11. The summed E-state index contributed by atoms with van der Waals surface area (Å²) in [6, 6.07) is 7.28. The standard InChI is InChI=1S/C15H13ClN4O/c1-10-14(20-9-12(16)4-5-13(20)19-10)15(21)18-8-11-3-2-6-17-7-11/h2-7,9H,8H2,1H3,(H,18,21). The van der Waals surface area contributed by atoms with Gasteiger partial charge in [0.25, 0.3) is 5.91 Å². The number of pyridine rings is 2. The summed E-state index contributed by atoms with van der Waals surface area (Å²) in [4.78, 5) is 20.8. The third kappa shape index (κ3) is 2.73. The summed E-state index contributed by atoms with van der Waals surface area (Å²) < 4.78 is 1.70. The fraction of sp³-hybridized carbons (Fsp3) is 0.133. The lowest BCUT2D eigenvalue weighted by Crippen LogP contribution is -2.25. The van der Waals surface area contributed by atoms with E-state index in [1.807, 2.05) is 12.1 Å². The molecular weight excluding hydrogens is 288 g/mol. The SMILES string of the molecule is Cc1nc2ccc(Cl)cn2c1C(=O)NCc1cccnc1. The Morgan fingerprint density at radius 3 is 3.00 bits per heavy atom. The van der Waals surface area contributed by atoms with E-state index in [0.717, 1.165) is 5.56 Å². The highest BCUT2D eigenvalue weighted by Crippen LogP contribution is 2.16. The molecule has 3 aromatic rings. The van der Waals surface area contributed by atoms with Crippen LogP contribution in [0.2, 0.25) is 5.02 Å². The summed E-state index contributed by atoms with van der Waals surface area (Å²) in [6.45, 7) is 2.22. The molecule has 0 saturated heterocycles. The topological polar surface area (TPSA) is 59.3 Å². The summed E-state index contributed by atoms with van der Waals surface area (Å²) in [7, 11) is 0. The van der Waals surface area contributed by atoms with Crippen LogP contribution in [-0.2, 0) is 6.54 Å². The van der Waals surface area contributed by atoms with Gasteiger partial charge in [-0.1, -0.05) is 17.7 Å². The molecule has 0 fully saturated rings. The van der Waals surface area contributed by atoms with Crippen molar-refractivity contribution in [2.75, 3.05) is 0 Å². The average Bonchev–Trinajstić information content (AvgIpc) is 2.81. The van der Waals surface area contributed by atoms with E-state index in [-0.39, 0.29) is 5.91 Å². The van der Waals surface area contributed by atoms with Crippen LogP contribution in [0.1, 0.15) is 21.7 Å². The number of carbonyl (C=O) groups is 1. The van der Waals surface area contributed by atoms with Gasteiger partial charge in [0.1, 0.15) is 11.3 Å². The van der Waals surface area contributed by atoms with E-state index in [1.165, 1.54) is 0 Å². The highest BCUT2D eigenvalue weighted by Gasteiger charge is 2.16. The monoisotopic (exact) mass is 300 g/mol. The van der Waals surface area contributed by atoms with Gasteiger partial charge in [0.05, 0.1) is 10.7 Å². The molecule has 6 heteroatoms. The molecule has 0 saturated carbocycles. The number of rotatable bonds is 3. The van der Waals surface area contributed by atoms with Gasteiger partial charge < -0.3 is 5.32 Å². The third-order valence-corrected chi connectivity index (χ3v) is 3.37. The van der Waals surface area contributed by atoms with Gasteiger partial charge in [0, 0.05) is 25.1 Å². The first-order chi connectivity index (χ1) is 10.1. The van der Waals surface area contributed by atoms with Crippen LogP contribution < -0.4 is 5.32 Å². The molecule has 0 aliphatic rings. The highest BCUT2D eigenvalue weighted by molar-refractivity contribution is 6.30. The quantitative estimate of drug-likeness (QED) is 0.809. The van der Waals surface area contributed by atoms with Crippen LogP contribution in [-0.4, -0.2) is 20.3 Å². The maximum atomic E-state index is 12.4. The molecule has 3 heterocycles. The van der Waals surface area contributed by atoms with Gasteiger partial charge in [-0.15, -0.1) is 0 Å². The second-order valence-electron chi connectivity index (χ2n) is 4.67. The number of aryl methyl sites for hydroxylation is 1. The lowest BCUT2D eigenvalue weighted by molar-refractivity contribution is 0.0944. The zero-order valence-electron chi connectivity index (χ0n) is 11.4. The first-order valence-corrected chi connectivity index (χ1v) is 6.84. The number of nitrogens with zero attached hydrogens (tertiary/aromatic N) is 3. The van der Waals surface area contributed by atoms with E-state index in [9.17, 15) is 4.79 Å². The molecule has 0 unspecified atom stereocenters. The third-order valence-electron chi connectivity index (χ3n) is 3.15. The van der Waals surface area contributed by atoms with Crippen molar-refractivity contribution < 1.29 is 4.79 Å². The number of aromatic nitrogens is 3. The van der Waals surface area contributed by atoms with Crippen molar-refractivity contribution in [3.8, 4) is 0 Å². The number of hydrogen-bond donors (Lipinski definition) is 1. The van der Waals surface area contributed by atoms with Gasteiger partial charge in [-0.05, 0) is 30.7 Å². The van der Waals surface area contributed by atoms with Gasteiger partial charge in [-0.2, -0.15) is 0 Å². The maximum absolute atomic E-state index is 12.4. The zero-order chi connectivity index (χ0) is 14.8. The molecule has 1 N–H and O–H groups in total. The van der Waals surface area contributed by atoms with E-state index in [1.54, 1.807) is 42.0 Å². The average molecular weight is 301 g/mol. The first-order valence-electron chi connectivity index (χ1n) is 6.46. The highest BCUT2D eigenvalue weighted by atomic mass is 35.5. The molecule has 0 aliphatic carbocycles. The van der Waals surface area contributed by atoms with Crippen molar-refractivity contribution in [3.05, 3.63) is 64.8 Å². The molecule has 0 aliphatic heterocycles. The smallest absolute Gasteiger partial charge is 0.270 e. The van der Waals surface area contributed by atoms with Crippen LogP contribution in [0.15, 0.2) is 42.9 Å². The largest absolute Gasteiger partial charge is 0.347 e. The molecule has 106 valence electrons. The fourth-order valence-corrected chi connectivity index (χ4v) is 2.34. The van der Waals surface area contributed by atoms with E-state index in [2.05, 4.69) is 15.3 Å². The Hall–Kier alpha value is -2.40. The van der Waals surface area contributed by atoms with Crippen molar-refractivity contribution >= 4 is 23.2 Å². The van der Waals surface area contributed by atoms with Crippen LogP contribution >= 0.6 is 11.6 Å². The Bertz CT molecular complexity index is 798. The Kier molecular flexibility index (Phi) is 3.58. The fourth-order valence-electron chi connectivity index (χ4n) is 2.18. The van der Waals surface area contributed by atoms with E-state index in [0.29, 0.717) is 28.6 Å². The predicted octanol–water partition coefficient (Wildman–Crippen LogP) is 2.62. The summed E-state index contributed by atoms with van der Waals surface area (Å²) in [5.74, 6) is -0.189. The molecular formula is C15H13ClN4O. The number of fused-ring (bicyclic) bond motifs is 1. The number of hydrogen-bond acceptors (Lipinski definition) is 3. The predicted molar refractivity (Wildman–Crippen MR) is 80.3 cm³/mol. The van der Waals surface area contributed by atoms with Gasteiger partial charge in [0.2, 0.25) is 0 Å². The molecule has 1 amide bonds. The number of halogens is 1. The van der Waals surface area contributed by atoms with Crippen molar-refractivity contribution in [1.82, 2.24) is 19.7 Å². The molecule has 5 nitrogen and oxygen atoms in total. The second kappa shape index (κ2) is 5.54. The summed E-state index contributed by atoms with van der Waals surface area (Å²) in [5, 5.41) is 3.43. The lowest BCUT2D eigenvalue weighted by Gasteiger charge is -2.06. The van der Waals surface area contributed by atoms with E-state index in [4.69, 9.17) is 11.6 Å². The molecule has 0 spiro atoms. The molecule has 0 bridgehead atoms. The summed E-state index contributed by atoms with van der Waals surface area (Å²) >= 11 is 5.99. The van der Waals surface area contributed by atoms with Gasteiger partial charge in [-0.3, -0.25) is 14.2 Å². The number of carbonyl (C=O) groups excluding carboxylic acids is 1. The normalized spacial score (nSPS) is 10.8. The second-order valence-corrected chi connectivity index (χ2v) is 5.10. The Morgan fingerprint density at radius 2 is 2.24 bits per heavy atom. The molecule has 3 aromatic heterocycles. The lowest BCUT2D eigenvalue weighted by atomic mass is 10.2. The van der Waals surface area contributed by atoms with E-state index >= 15 is 0 Å². The molecule has 3 rings (SSSR count).